The van der Waals surface area contributed by atoms with Crippen LogP contribution in [0.5, 0.6) is 0 Å². The summed E-state index contributed by atoms with van der Waals surface area (Å²) in [5.74, 6) is -0.703. The van der Waals surface area contributed by atoms with E-state index in [4.69, 9.17) is 11.6 Å². The lowest BCUT2D eigenvalue weighted by atomic mass is 10.2. The van der Waals surface area contributed by atoms with Gasteiger partial charge in [-0.3, -0.25) is 9.59 Å². The Balaban J connectivity index is 1.55. The highest BCUT2D eigenvalue weighted by atomic mass is 35.5. The first-order chi connectivity index (χ1) is 13.0. The van der Waals surface area contributed by atoms with Crippen LogP contribution in [-0.4, -0.2) is 29.6 Å². The van der Waals surface area contributed by atoms with Gasteiger partial charge in [0.1, 0.15) is 0 Å². The lowest BCUT2D eigenvalue weighted by molar-refractivity contribution is -0.115. The van der Waals surface area contributed by atoms with Crippen molar-refractivity contribution in [3.8, 4) is 11.3 Å². The van der Waals surface area contributed by atoms with Gasteiger partial charge in [0.05, 0.1) is 12.2 Å². The van der Waals surface area contributed by atoms with E-state index in [9.17, 15) is 9.59 Å². The van der Waals surface area contributed by atoms with E-state index in [1.165, 1.54) is 16.2 Å². The molecule has 27 heavy (non-hydrogen) atoms. The van der Waals surface area contributed by atoms with Crippen molar-refractivity contribution in [2.45, 2.75) is 4.90 Å². The summed E-state index contributed by atoms with van der Waals surface area (Å²) in [6, 6.07) is 14.6. The Morgan fingerprint density at radius 2 is 1.96 bits per heavy atom. The monoisotopic (exact) mass is 417 g/mol. The molecule has 0 radical (unpaired) electrons. The van der Waals surface area contributed by atoms with Crippen LogP contribution >= 0.6 is 34.7 Å². The normalized spacial score (nSPS) is 10.4. The number of nitrogens with zero attached hydrogens (tertiary/aromatic N) is 1. The summed E-state index contributed by atoms with van der Waals surface area (Å²) in [4.78, 5) is 29.7. The number of benzene rings is 2. The number of hydrogen-bond acceptors (Lipinski definition) is 5. The van der Waals surface area contributed by atoms with Crippen molar-refractivity contribution < 1.29 is 9.59 Å². The summed E-state index contributed by atoms with van der Waals surface area (Å²) in [5, 5.41) is 8.09. The molecule has 2 N–H and O–H groups in total. The number of hydrogen-bond donors (Lipinski definition) is 2. The fourth-order valence-corrected chi connectivity index (χ4v) is 3.62. The number of thiazole rings is 1. The van der Waals surface area contributed by atoms with Crippen LogP contribution in [0.4, 0.5) is 5.13 Å². The fraction of sp³-hybridized carbons (Fsp3) is 0.105. The highest BCUT2D eigenvalue weighted by molar-refractivity contribution is 7.98. The molecule has 8 heteroatoms. The second-order valence-electron chi connectivity index (χ2n) is 5.51. The second-order valence-corrected chi connectivity index (χ2v) is 7.68. The highest BCUT2D eigenvalue weighted by Crippen LogP contribution is 2.26. The van der Waals surface area contributed by atoms with Crippen LogP contribution in [0.25, 0.3) is 11.3 Å². The summed E-state index contributed by atoms with van der Waals surface area (Å²) < 4.78 is 0. The maximum Gasteiger partial charge on any atom is 0.251 e. The van der Waals surface area contributed by atoms with Crippen molar-refractivity contribution in [2.24, 2.45) is 0 Å². The number of thioether (sulfide) groups is 1. The van der Waals surface area contributed by atoms with E-state index in [0.29, 0.717) is 15.7 Å². The van der Waals surface area contributed by atoms with Gasteiger partial charge in [0.15, 0.2) is 5.13 Å². The van der Waals surface area contributed by atoms with Gasteiger partial charge < -0.3 is 10.6 Å². The van der Waals surface area contributed by atoms with Crippen molar-refractivity contribution in [2.75, 3.05) is 18.1 Å². The number of amides is 2. The van der Waals surface area contributed by atoms with E-state index >= 15 is 0 Å². The standard InChI is InChI=1S/C19H16ClN3O2S2/c1-26-15-7-5-12(6-8-15)16-11-27-19(22-16)23-17(24)10-21-18(25)13-3-2-4-14(20)9-13/h2-9,11H,10H2,1H3,(H,21,25)(H,22,23,24). The summed E-state index contributed by atoms with van der Waals surface area (Å²) in [5.41, 5.74) is 2.19. The van der Waals surface area contributed by atoms with Crippen LogP contribution in [0.2, 0.25) is 5.02 Å². The van der Waals surface area contributed by atoms with Crippen LogP contribution in [0.15, 0.2) is 58.8 Å². The van der Waals surface area contributed by atoms with E-state index < -0.39 is 0 Å². The topological polar surface area (TPSA) is 71.1 Å². The molecule has 0 saturated heterocycles. The molecule has 0 saturated carbocycles. The number of halogens is 1. The minimum Gasteiger partial charge on any atom is -0.343 e. The molecular formula is C19H16ClN3O2S2. The van der Waals surface area contributed by atoms with Gasteiger partial charge in [0.2, 0.25) is 5.91 Å². The Labute approximate surface area is 170 Å². The van der Waals surface area contributed by atoms with E-state index in [-0.39, 0.29) is 18.4 Å². The van der Waals surface area contributed by atoms with Crippen LogP contribution in [0.3, 0.4) is 0 Å². The van der Waals surface area contributed by atoms with E-state index in [1.54, 1.807) is 36.0 Å². The van der Waals surface area contributed by atoms with Crippen LogP contribution in [0, 0.1) is 0 Å². The van der Waals surface area contributed by atoms with Crippen molar-refractivity contribution in [3.63, 3.8) is 0 Å². The summed E-state index contributed by atoms with van der Waals surface area (Å²) in [6.07, 6.45) is 2.02. The SMILES string of the molecule is CSc1ccc(-c2csc(NC(=O)CNC(=O)c3cccc(Cl)c3)n2)cc1. The molecule has 0 unspecified atom stereocenters. The fourth-order valence-electron chi connectivity index (χ4n) is 2.28. The number of carbonyl (C=O) groups excluding carboxylic acids is 2. The van der Waals surface area contributed by atoms with Gasteiger partial charge in [-0.15, -0.1) is 23.1 Å². The molecule has 2 aromatic carbocycles. The van der Waals surface area contributed by atoms with Gasteiger partial charge in [-0.2, -0.15) is 0 Å². The van der Waals surface area contributed by atoms with Crippen molar-refractivity contribution in [1.82, 2.24) is 10.3 Å². The Bertz CT molecular complexity index is 958. The molecule has 0 bridgehead atoms. The first-order valence-electron chi connectivity index (χ1n) is 7.99. The molecule has 0 aliphatic carbocycles. The third-order valence-electron chi connectivity index (χ3n) is 3.63. The van der Waals surface area contributed by atoms with Gasteiger partial charge in [0, 0.05) is 26.4 Å². The van der Waals surface area contributed by atoms with E-state index in [1.807, 2.05) is 35.9 Å². The molecule has 3 aromatic rings. The molecule has 2 amide bonds. The first kappa shape index (κ1) is 19.4. The molecule has 138 valence electrons. The van der Waals surface area contributed by atoms with Gasteiger partial charge in [-0.25, -0.2) is 4.98 Å². The maximum atomic E-state index is 12.1. The van der Waals surface area contributed by atoms with Gasteiger partial charge >= 0.3 is 0 Å². The molecule has 0 spiro atoms. The van der Waals surface area contributed by atoms with Crippen LogP contribution < -0.4 is 10.6 Å². The number of anilines is 1. The van der Waals surface area contributed by atoms with Crippen molar-refractivity contribution in [3.05, 3.63) is 64.5 Å². The molecule has 0 atom stereocenters. The molecule has 0 fully saturated rings. The Morgan fingerprint density at radius 1 is 1.19 bits per heavy atom. The smallest absolute Gasteiger partial charge is 0.251 e. The largest absolute Gasteiger partial charge is 0.343 e. The number of carbonyl (C=O) groups is 2. The Kier molecular flexibility index (Phi) is 6.49. The zero-order valence-electron chi connectivity index (χ0n) is 14.4. The molecule has 5 nitrogen and oxygen atoms in total. The zero-order valence-corrected chi connectivity index (χ0v) is 16.8. The Hall–Kier alpha value is -2.35. The molecule has 0 aliphatic heterocycles. The quantitative estimate of drug-likeness (QED) is 0.577. The van der Waals surface area contributed by atoms with E-state index in [0.717, 1.165) is 11.3 Å². The molecule has 1 heterocycles. The summed E-state index contributed by atoms with van der Waals surface area (Å²) in [7, 11) is 0. The van der Waals surface area contributed by atoms with Crippen molar-refractivity contribution >= 4 is 51.6 Å². The number of rotatable bonds is 6. The minimum absolute atomic E-state index is 0.150. The summed E-state index contributed by atoms with van der Waals surface area (Å²) in [6.45, 7) is -0.150. The second kappa shape index (κ2) is 9.03. The van der Waals surface area contributed by atoms with Crippen LogP contribution in [-0.2, 0) is 4.79 Å². The molecular weight excluding hydrogens is 402 g/mol. The highest BCUT2D eigenvalue weighted by Gasteiger charge is 2.11. The van der Waals surface area contributed by atoms with Gasteiger partial charge in [0.25, 0.3) is 5.91 Å². The average Bonchev–Trinajstić information content (AvgIpc) is 3.14. The van der Waals surface area contributed by atoms with Gasteiger partial charge in [-0.1, -0.05) is 29.8 Å². The average molecular weight is 418 g/mol. The third-order valence-corrected chi connectivity index (χ3v) is 5.37. The first-order valence-corrected chi connectivity index (χ1v) is 10.5. The minimum atomic E-state index is -0.360. The summed E-state index contributed by atoms with van der Waals surface area (Å²) >= 11 is 8.87. The molecule has 1 aromatic heterocycles. The third kappa shape index (κ3) is 5.32. The Morgan fingerprint density at radius 3 is 2.67 bits per heavy atom. The lowest BCUT2D eigenvalue weighted by Crippen LogP contribution is -2.32. The predicted octanol–water partition coefficient (Wildman–Crippen LogP) is 4.55. The number of nitrogens with one attached hydrogen (secondary N) is 2. The van der Waals surface area contributed by atoms with E-state index in [2.05, 4.69) is 15.6 Å². The number of aromatic nitrogens is 1. The van der Waals surface area contributed by atoms with Crippen molar-refractivity contribution in [1.29, 1.82) is 0 Å². The van der Waals surface area contributed by atoms with Gasteiger partial charge in [-0.05, 0) is 36.6 Å². The van der Waals surface area contributed by atoms with Crippen LogP contribution in [0.1, 0.15) is 10.4 Å². The zero-order chi connectivity index (χ0) is 19.2. The maximum absolute atomic E-state index is 12.1. The predicted molar refractivity (Wildman–Crippen MR) is 112 cm³/mol. The molecule has 3 rings (SSSR count). The lowest BCUT2D eigenvalue weighted by Gasteiger charge is -2.05. The molecule has 0 aliphatic rings.